The van der Waals surface area contributed by atoms with Crippen LogP contribution >= 0.6 is 0 Å². The fourth-order valence-electron chi connectivity index (χ4n) is 1.70. The van der Waals surface area contributed by atoms with E-state index in [1.54, 1.807) is 0 Å². The van der Waals surface area contributed by atoms with E-state index in [4.69, 9.17) is 0 Å². The lowest BCUT2D eigenvalue weighted by molar-refractivity contribution is 0.261. The Balaban J connectivity index is 2.40. The summed E-state index contributed by atoms with van der Waals surface area (Å²) in [7, 11) is 2.16. The van der Waals surface area contributed by atoms with E-state index in [0.717, 1.165) is 30.4 Å². The number of hydrogen-bond donors (Lipinski definition) is 1. The highest BCUT2D eigenvalue weighted by molar-refractivity contribution is 5.35. The summed E-state index contributed by atoms with van der Waals surface area (Å²) in [6.45, 7) is 10.3. The maximum atomic E-state index is 4.36. The van der Waals surface area contributed by atoms with Gasteiger partial charge >= 0.3 is 0 Å². The Hall–Kier alpha value is -1.16. The van der Waals surface area contributed by atoms with Crippen molar-refractivity contribution in [2.24, 2.45) is 0 Å². The van der Waals surface area contributed by atoms with Crippen LogP contribution in [0, 0.1) is 13.8 Å². The zero-order chi connectivity index (χ0) is 12.8. The van der Waals surface area contributed by atoms with E-state index in [0.29, 0.717) is 6.04 Å². The standard InChI is InChI=1S/C13H24N4/c1-6-11(3)17(5)8-7-14-13-9-10(2)15-12(4)16-13/h9,11H,6-8H2,1-5H3,(H,14,15,16). The Morgan fingerprint density at radius 1 is 1.35 bits per heavy atom. The van der Waals surface area contributed by atoms with Crippen LogP contribution in [0.5, 0.6) is 0 Å². The van der Waals surface area contributed by atoms with Gasteiger partial charge in [0, 0.05) is 30.9 Å². The Kier molecular flexibility index (Phi) is 5.35. The molecule has 0 aliphatic carbocycles. The summed E-state index contributed by atoms with van der Waals surface area (Å²) in [6, 6.07) is 2.61. The van der Waals surface area contributed by atoms with Crippen molar-refractivity contribution < 1.29 is 0 Å². The first kappa shape index (κ1) is 13.9. The van der Waals surface area contributed by atoms with E-state index in [1.807, 2.05) is 19.9 Å². The summed E-state index contributed by atoms with van der Waals surface area (Å²) in [5.74, 6) is 1.75. The molecule has 0 saturated carbocycles. The summed E-state index contributed by atoms with van der Waals surface area (Å²) < 4.78 is 0. The van der Waals surface area contributed by atoms with Crippen LogP contribution in [0.1, 0.15) is 31.8 Å². The molecule has 0 amide bonds. The van der Waals surface area contributed by atoms with Crippen molar-refractivity contribution in [2.45, 2.75) is 40.2 Å². The average molecular weight is 236 g/mol. The summed E-state index contributed by atoms with van der Waals surface area (Å²) in [5, 5.41) is 3.34. The monoisotopic (exact) mass is 236 g/mol. The lowest BCUT2D eigenvalue weighted by Crippen LogP contribution is -2.32. The Morgan fingerprint density at radius 3 is 2.65 bits per heavy atom. The molecule has 0 saturated heterocycles. The lowest BCUT2D eigenvalue weighted by atomic mass is 10.2. The summed E-state index contributed by atoms with van der Waals surface area (Å²) in [5.41, 5.74) is 1.01. The van der Waals surface area contributed by atoms with E-state index < -0.39 is 0 Å². The van der Waals surface area contributed by atoms with E-state index in [-0.39, 0.29) is 0 Å². The van der Waals surface area contributed by atoms with Gasteiger partial charge in [0.2, 0.25) is 0 Å². The van der Waals surface area contributed by atoms with Crippen molar-refractivity contribution >= 4 is 5.82 Å². The molecule has 0 aromatic carbocycles. The van der Waals surface area contributed by atoms with Crippen molar-refractivity contribution in [1.29, 1.82) is 0 Å². The first-order valence-corrected chi connectivity index (χ1v) is 6.29. The molecular weight excluding hydrogens is 212 g/mol. The van der Waals surface area contributed by atoms with E-state index in [1.165, 1.54) is 6.42 Å². The van der Waals surface area contributed by atoms with Crippen molar-refractivity contribution in [3.8, 4) is 0 Å². The molecule has 1 N–H and O–H groups in total. The van der Waals surface area contributed by atoms with Gasteiger partial charge in [-0.05, 0) is 34.2 Å². The second-order valence-corrected chi connectivity index (χ2v) is 4.61. The van der Waals surface area contributed by atoms with E-state index >= 15 is 0 Å². The minimum absolute atomic E-state index is 0.630. The molecule has 96 valence electrons. The van der Waals surface area contributed by atoms with Crippen LogP contribution in [0.3, 0.4) is 0 Å². The number of rotatable bonds is 6. The molecule has 0 fully saturated rings. The maximum Gasteiger partial charge on any atom is 0.129 e. The van der Waals surface area contributed by atoms with Gasteiger partial charge < -0.3 is 10.2 Å². The Bertz CT molecular complexity index is 331. The molecule has 1 heterocycles. The molecule has 0 radical (unpaired) electrons. The van der Waals surface area contributed by atoms with Gasteiger partial charge in [-0.2, -0.15) is 0 Å². The second kappa shape index (κ2) is 6.55. The van der Waals surface area contributed by atoms with Gasteiger partial charge in [-0.15, -0.1) is 0 Å². The molecule has 1 atom stereocenters. The zero-order valence-electron chi connectivity index (χ0n) is 11.6. The predicted octanol–water partition coefficient (Wildman–Crippen LogP) is 2.24. The molecule has 4 heteroatoms. The van der Waals surface area contributed by atoms with Crippen molar-refractivity contribution in [3.63, 3.8) is 0 Å². The molecule has 1 unspecified atom stereocenters. The molecule has 4 nitrogen and oxygen atoms in total. The van der Waals surface area contributed by atoms with Crippen LogP contribution in [-0.2, 0) is 0 Å². The number of nitrogens with one attached hydrogen (secondary N) is 1. The largest absolute Gasteiger partial charge is 0.369 e. The number of aryl methyl sites for hydroxylation is 2. The van der Waals surface area contributed by atoms with Crippen molar-refractivity contribution in [1.82, 2.24) is 14.9 Å². The smallest absolute Gasteiger partial charge is 0.129 e. The maximum absolute atomic E-state index is 4.36. The van der Waals surface area contributed by atoms with Gasteiger partial charge in [0.05, 0.1) is 0 Å². The van der Waals surface area contributed by atoms with Crippen LogP contribution < -0.4 is 5.32 Å². The number of hydrogen-bond acceptors (Lipinski definition) is 4. The third-order valence-electron chi connectivity index (χ3n) is 3.08. The molecule has 1 aromatic rings. The zero-order valence-corrected chi connectivity index (χ0v) is 11.6. The summed E-state index contributed by atoms with van der Waals surface area (Å²) in [6.07, 6.45) is 1.18. The topological polar surface area (TPSA) is 41.0 Å². The fraction of sp³-hybridized carbons (Fsp3) is 0.692. The molecule has 0 spiro atoms. The molecule has 0 bridgehead atoms. The van der Waals surface area contributed by atoms with Gasteiger partial charge in [0.1, 0.15) is 11.6 Å². The van der Waals surface area contributed by atoms with E-state index in [2.05, 4.69) is 41.1 Å². The van der Waals surface area contributed by atoms with Crippen LogP contribution in [-0.4, -0.2) is 41.0 Å². The number of nitrogens with zero attached hydrogens (tertiary/aromatic N) is 3. The molecular formula is C13H24N4. The van der Waals surface area contributed by atoms with E-state index in [9.17, 15) is 0 Å². The number of likely N-dealkylation sites (N-methyl/N-ethyl adjacent to an activating group) is 1. The fourth-order valence-corrected chi connectivity index (χ4v) is 1.70. The van der Waals surface area contributed by atoms with Gasteiger partial charge in [0.15, 0.2) is 0 Å². The van der Waals surface area contributed by atoms with Crippen molar-refractivity contribution in [3.05, 3.63) is 17.6 Å². The molecule has 17 heavy (non-hydrogen) atoms. The first-order chi connectivity index (χ1) is 8.02. The predicted molar refractivity (Wildman–Crippen MR) is 72.4 cm³/mol. The molecule has 1 rings (SSSR count). The van der Waals surface area contributed by atoms with Crippen molar-refractivity contribution in [2.75, 3.05) is 25.5 Å². The molecule has 1 aromatic heterocycles. The van der Waals surface area contributed by atoms with Gasteiger partial charge in [-0.25, -0.2) is 9.97 Å². The number of anilines is 1. The highest BCUT2D eigenvalue weighted by Crippen LogP contribution is 2.05. The second-order valence-electron chi connectivity index (χ2n) is 4.61. The highest BCUT2D eigenvalue weighted by atomic mass is 15.1. The SMILES string of the molecule is CCC(C)N(C)CCNc1cc(C)nc(C)n1. The Labute approximate surface area is 104 Å². The molecule has 0 aliphatic heterocycles. The minimum atomic E-state index is 0.630. The number of aromatic nitrogens is 2. The van der Waals surface area contributed by atoms with Crippen LogP contribution in [0.15, 0.2) is 6.07 Å². The third-order valence-corrected chi connectivity index (χ3v) is 3.08. The normalized spacial score (nSPS) is 12.8. The Morgan fingerprint density at radius 2 is 2.06 bits per heavy atom. The summed E-state index contributed by atoms with van der Waals surface area (Å²) >= 11 is 0. The van der Waals surface area contributed by atoms with Gasteiger partial charge in [-0.1, -0.05) is 6.92 Å². The van der Waals surface area contributed by atoms with Gasteiger partial charge in [0.25, 0.3) is 0 Å². The third kappa shape index (κ3) is 4.69. The van der Waals surface area contributed by atoms with Crippen LogP contribution in [0.4, 0.5) is 5.82 Å². The average Bonchev–Trinajstić information content (AvgIpc) is 2.26. The lowest BCUT2D eigenvalue weighted by Gasteiger charge is -2.23. The van der Waals surface area contributed by atoms with Gasteiger partial charge in [-0.3, -0.25) is 0 Å². The minimum Gasteiger partial charge on any atom is -0.369 e. The molecule has 0 aliphatic rings. The first-order valence-electron chi connectivity index (χ1n) is 6.29. The quantitative estimate of drug-likeness (QED) is 0.822. The highest BCUT2D eigenvalue weighted by Gasteiger charge is 2.05. The summed E-state index contributed by atoms with van der Waals surface area (Å²) in [4.78, 5) is 11.0. The van der Waals surface area contributed by atoms with Crippen LogP contribution in [0.2, 0.25) is 0 Å². The van der Waals surface area contributed by atoms with Crippen LogP contribution in [0.25, 0.3) is 0 Å².